The molecule has 1 saturated heterocycles. The van der Waals surface area contributed by atoms with Crippen LogP contribution in [0.15, 0.2) is 18.2 Å². The molecular formula is C17H24N2O2. The van der Waals surface area contributed by atoms with E-state index in [1.165, 1.54) is 0 Å². The molecule has 0 radical (unpaired) electrons. The Labute approximate surface area is 126 Å². The number of carbonyl (C=O) groups is 1. The molecule has 0 bridgehead atoms. The second-order valence-corrected chi connectivity index (χ2v) is 5.85. The van der Waals surface area contributed by atoms with Crippen LogP contribution >= 0.6 is 0 Å². The van der Waals surface area contributed by atoms with Gasteiger partial charge in [-0.15, -0.1) is 0 Å². The first kappa shape index (κ1) is 14.5. The van der Waals surface area contributed by atoms with Crippen LogP contribution in [0.1, 0.15) is 35.2 Å². The maximum absolute atomic E-state index is 11.9. The predicted molar refractivity (Wildman–Crippen MR) is 83.1 cm³/mol. The number of rotatable bonds is 5. The van der Waals surface area contributed by atoms with Gasteiger partial charge in [0.1, 0.15) is 5.75 Å². The smallest absolute Gasteiger partial charge is 0.163 e. The average molecular weight is 288 g/mol. The number of hydrogen-bond donors (Lipinski definition) is 1. The standard InChI is InChI=1S/C17H24N2O2/c20-16-6-1-5-15-14(16)4-2-7-17(15)21-13-3-10-19-11-8-18-9-12-19/h2,4,7,18H,1,3,5-6,8-13H2. The van der Waals surface area contributed by atoms with Crippen molar-refractivity contribution in [2.75, 3.05) is 39.3 Å². The molecule has 0 saturated carbocycles. The van der Waals surface area contributed by atoms with Gasteiger partial charge in [0.25, 0.3) is 0 Å². The van der Waals surface area contributed by atoms with Gasteiger partial charge in [-0.2, -0.15) is 0 Å². The van der Waals surface area contributed by atoms with Crippen LogP contribution in [0, 0.1) is 0 Å². The van der Waals surface area contributed by atoms with Gasteiger partial charge in [0, 0.05) is 50.3 Å². The first-order chi connectivity index (χ1) is 10.3. The summed E-state index contributed by atoms with van der Waals surface area (Å²) in [6.45, 7) is 6.28. The van der Waals surface area contributed by atoms with Crippen LogP contribution in [0.5, 0.6) is 5.75 Å². The molecule has 1 aromatic rings. The molecule has 2 aliphatic rings. The SMILES string of the molecule is O=C1CCCc2c(OCCCN3CCNCC3)cccc21. The summed E-state index contributed by atoms with van der Waals surface area (Å²) < 4.78 is 5.95. The Morgan fingerprint density at radius 3 is 2.90 bits per heavy atom. The molecule has 3 rings (SSSR count). The summed E-state index contributed by atoms with van der Waals surface area (Å²) in [5.41, 5.74) is 2.00. The molecule has 0 unspecified atom stereocenters. The van der Waals surface area contributed by atoms with Gasteiger partial charge >= 0.3 is 0 Å². The molecule has 1 aliphatic carbocycles. The Morgan fingerprint density at radius 1 is 1.19 bits per heavy atom. The van der Waals surface area contributed by atoms with Gasteiger partial charge in [0.05, 0.1) is 6.61 Å². The number of Topliss-reactive ketones (excluding diaryl/α,β-unsaturated/α-hetero) is 1. The maximum atomic E-state index is 11.9. The first-order valence-corrected chi connectivity index (χ1v) is 8.05. The fourth-order valence-electron chi connectivity index (χ4n) is 3.19. The number of piperazine rings is 1. The molecule has 21 heavy (non-hydrogen) atoms. The number of hydrogen-bond acceptors (Lipinski definition) is 4. The Bertz CT molecular complexity index is 496. The van der Waals surface area contributed by atoms with Crippen LogP contribution < -0.4 is 10.1 Å². The number of fused-ring (bicyclic) bond motifs is 1. The molecule has 1 N–H and O–H groups in total. The Morgan fingerprint density at radius 2 is 2.05 bits per heavy atom. The largest absolute Gasteiger partial charge is 0.493 e. The van der Waals surface area contributed by atoms with E-state index in [0.29, 0.717) is 6.42 Å². The summed E-state index contributed by atoms with van der Waals surface area (Å²) in [4.78, 5) is 14.4. The lowest BCUT2D eigenvalue weighted by molar-refractivity contribution is 0.0971. The van der Waals surface area contributed by atoms with Crippen molar-refractivity contribution < 1.29 is 9.53 Å². The Hall–Kier alpha value is -1.39. The zero-order chi connectivity index (χ0) is 14.5. The molecule has 1 aromatic carbocycles. The molecule has 1 fully saturated rings. The van der Waals surface area contributed by atoms with Gasteiger partial charge in [0.15, 0.2) is 5.78 Å². The first-order valence-electron chi connectivity index (χ1n) is 8.05. The van der Waals surface area contributed by atoms with Crippen molar-refractivity contribution in [3.05, 3.63) is 29.3 Å². The summed E-state index contributed by atoms with van der Waals surface area (Å²) in [5.74, 6) is 1.18. The van der Waals surface area contributed by atoms with Gasteiger partial charge in [-0.25, -0.2) is 0 Å². The van der Waals surface area contributed by atoms with E-state index in [2.05, 4.69) is 10.2 Å². The highest BCUT2D eigenvalue weighted by atomic mass is 16.5. The monoisotopic (exact) mass is 288 g/mol. The van der Waals surface area contributed by atoms with Crippen molar-refractivity contribution in [3.8, 4) is 5.75 Å². The normalized spacial score (nSPS) is 19.3. The van der Waals surface area contributed by atoms with Crippen LogP contribution in [-0.4, -0.2) is 50.0 Å². The lowest BCUT2D eigenvalue weighted by atomic mass is 9.90. The minimum Gasteiger partial charge on any atom is -0.493 e. The van der Waals surface area contributed by atoms with E-state index in [0.717, 1.165) is 75.5 Å². The highest BCUT2D eigenvalue weighted by molar-refractivity contribution is 5.99. The molecule has 0 atom stereocenters. The van der Waals surface area contributed by atoms with E-state index in [9.17, 15) is 4.79 Å². The summed E-state index contributed by atoms with van der Waals surface area (Å²) in [5, 5.41) is 3.36. The molecule has 0 spiro atoms. The molecular weight excluding hydrogens is 264 g/mol. The van der Waals surface area contributed by atoms with E-state index < -0.39 is 0 Å². The van der Waals surface area contributed by atoms with Gasteiger partial charge in [-0.3, -0.25) is 4.79 Å². The van der Waals surface area contributed by atoms with E-state index in [-0.39, 0.29) is 5.78 Å². The number of ether oxygens (including phenoxy) is 1. The summed E-state index contributed by atoms with van der Waals surface area (Å²) in [7, 11) is 0. The number of ketones is 1. The maximum Gasteiger partial charge on any atom is 0.163 e. The van der Waals surface area contributed by atoms with Crippen molar-refractivity contribution in [2.45, 2.75) is 25.7 Å². The number of carbonyl (C=O) groups excluding carboxylic acids is 1. The molecule has 0 amide bonds. The molecule has 1 heterocycles. The van der Waals surface area contributed by atoms with Crippen LogP contribution in [0.2, 0.25) is 0 Å². The van der Waals surface area contributed by atoms with Crippen molar-refractivity contribution >= 4 is 5.78 Å². The summed E-state index contributed by atoms with van der Waals surface area (Å²) in [6.07, 6.45) is 3.64. The van der Waals surface area contributed by atoms with Crippen molar-refractivity contribution in [1.82, 2.24) is 10.2 Å². The topological polar surface area (TPSA) is 41.6 Å². The Balaban J connectivity index is 1.51. The third-order valence-electron chi connectivity index (χ3n) is 4.35. The molecule has 4 heteroatoms. The highest BCUT2D eigenvalue weighted by Gasteiger charge is 2.20. The van der Waals surface area contributed by atoms with Crippen molar-refractivity contribution in [1.29, 1.82) is 0 Å². The third kappa shape index (κ3) is 3.63. The number of nitrogens with one attached hydrogen (secondary N) is 1. The molecule has 114 valence electrons. The van der Waals surface area contributed by atoms with Gasteiger partial charge in [-0.1, -0.05) is 12.1 Å². The summed E-state index contributed by atoms with van der Waals surface area (Å²) in [6, 6.07) is 5.88. The van der Waals surface area contributed by atoms with Crippen LogP contribution in [-0.2, 0) is 6.42 Å². The van der Waals surface area contributed by atoms with Gasteiger partial charge in [0.2, 0.25) is 0 Å². The molecule has 0 aromatic heterocycles. The zero-order valence-corrected chi connectivity index (χ0v) is 12.6. The average Bonchev–Trinajstić information content (AvgIpc) is 2.53. The minimum atomic E-state index is 0.266. The highest BCUT2D eigenvalue weighted by Crippen LogP contribution is 2.29. The number of benzene rings is 1. The Kier molecular flexibility index (Phi) is 4.88. The lowest BCUT2D eigenvalue weighted by Crippen LogP contribution is -2.43. The molecule has 4 nitrogen and oxygen atoms in total. The second-order valence-electron chi connectivity index (χ2n) is 5.85. The number of nitrogens with zero attached hydrogens (tertiary/aromatic N) is 1. The lowest BCUT2D eigenvalue weighted by Gasteiger charge is -2.27. The fourth-order valence-corrected chi connectivity index (χ4v) is 3.19. The van der Waals surface area contributed by atoms with E-state index in [1.807, 2.05) is 18.2 Å². The van der Waals surface area contributed by atoms with Gasteiger partial charge < -0.3 is 15.0 Å². The zero-order valence-electron chi connectivity index (χ0n) is 12.6. The predicted octanol–water partition coefficient (Wildman–Crippen LogP) is 1.88. The fraction of sp³-hybridized carbons (Fsp3) is 0.588. The van der Waals surface area contributed by atoms with E-state index in [4.69, 9.17) is 4.74 Å². The van der Waals surface area contributed by atoms with Crippen LogP contribution in [0.25, 0.3) is 0 Å². The third-order valence-corrected chi connectivity index (χ3v) is 4.35. The van der Waals surface area contributed by atoms with Gasteiger partial charge in [-0.05, 0) is 25.3 Å². The van der Waals surface area contributed by atoms with Crippen molar-refractivity contribution in [3.63, 3.8) is 0 Å². The van der Waals surface area contributed by atoms with Crippen LogP contribution in [0.3, 0.4) is 0 Å². The van der Waals surface area contributed by atoms with E-state index >= 15 is 0 Å². The quantitative estimate of drug-likeness (QED) is 0.840. The molecule has 1 aliphatic heterocycles. The van der Waals surface area contributed by atoms with Crippen LogP contribution in [0.4, 0.5) is 0 Å². The van der Waals surface area contributed by atoms with Crippen molar-refractivity contribution in [2.24, 2.45) is 0 Å². The summed E-state index contributed by atoms with van der Waals surface area (Å²) >= 11 is 0. The second kappa shape index (κ2) is 7.05. The minimum absolute atomic E-state index is 0.266. The van der Waals surface area contributed by atoms with E-state index in [1.54, 1.807) is 0 Å².